The summed E-state index contributed by atoms with van der Waals surface area (Å²) in [7, 11) is 0. The molecule has 1 N–H and O–H groups in total. The third-order valence-electron chi connectivity index (χ3n) is 4.52. The number of nitrogens with zero attached hydrogens (tertiary/aromatic N) is 1. The lowest BCUT2D eigenvalue weighted by atomic mass is 9.99. The first kappa shape index (κ1) is 26.4. The number of pyridine rings is 1. The summed E-state index contributed by atoms with van der Waals surface area (Å²) in [6, 6.07) is 3.49. The number of ether oxygens (including phenoxy) is 6. The van der Waals surface area contributed by atoms with Crippen LogP contribution < -0.4 is 0 Å². The number of carbonyl (C=O) groups excluding carboxylic acids is 3. The topological polar surface area (TPSA) is 140 Å². The third-order valence-corrected chi connectivity index (χ3v) is 4.52. The maximum Gasteiger partial charge on any atom is 0.303 e. The summed E-state index contributed by atoms with van der Waals surface area (Å²) in [6.45, 7) is 8.01. The molecule has 0 aromatic carbocycles. The summed E-state index contributed by atoms with van der Waals surface area (Å²) >= 11 is 0. The molecule has 0 bridgehead atoms. The fourth-order valence-electron chi connectivity index (χ4n) is 3.12. The number of esters is 3. The van der Waals surface area contributed by atoms with Crippen molar-refractivity contribution >= 4 is 24.0 Å². The summed E-state index contributed by atoms with van der Waals surface area (Å²) < 4.78 is 32.3. The van der Waals surface area contributed by atoms with E-state index in [9.17, 15) is 19.5 Å². The molecule has 33 heavy (non-hydrogen) atoms. The Morgan fingerprint density at radius 1 is 1.18 bits per heavy atom. The van der Waals surface area contributed by atoms with Gasteiger partial charge in [-0.3, -0.25) is 19.4 Å². The van der Waals surface area contributed by atoms with Gasteiger partial charge >= 0.3 is 17.9 Å². The van der Waals surface area contributed by atoms with Gasteiger partial charge in [-0.15, -0.1) is 0 Å². The van der Waals surface area contributed by atoms with Crippen molar-refractivity contribution in [2.75, 3.05) is 13.2 Å². The van der Waals surface area contributed by atoms with E-state index < -0.39 is 48.3 Å². The average Bonchev–Trinajstić information content (AvgIpc) is 2.73. The molecule has 1 aromatic rings. The first-order chi connectivity index (χ1) is 15.5. The number of aliphatic hydroxyl groups is 1. The zero-order chi connectivity index (χ0) is 24.6. The first-order valence-corrected chi connectivity index (χ1v) is 10.2. The van der Waals surface area contributed by atoms with Crippen molar-refractivity contribution in [3.8, 4) is 0 Å². The highest BCUT2D eigenvalue weighted by Crippen LogP contribution is 2.28. The van der Waals surface area contributed by atoms with E-state index in [0.29, 0.717) is 11.3 Å². The Bertz CT molecular complexity index is 838. The van der Waals surface area contributed by atoms with E-state index in [1.807, 2.05) is 0 Å². The van der Waals surface area contributed by atoms with Gasteiger partial charge in [0.15, 0.2) is 12.2 Å². The monoisotopic (exact) mass is 467 g/mol. The molecule has 11 heteroatoms. The third kappa shape index (κ3) is 8.54. The fourth-order valence-corrected chi connectivity index (χ4v) is 3.12. The molecule has 1 aromatic heterocycles. The lowest BCUT2D eigenvalue weighted by molar-refractivity contribution is -0.388. The largest absolute Gasteiger partial charge is 0.463 e. The fraction of sp³-hybridized carbons (Fsp3) is 0.545. The molecule has 0 aliphatic carbocycles. The van der Waals surface area contributed by atoms with E-state index in [-0.39, 0.29) is 19.8 Å². The van der Waals surface area contributed by atoms with Crippen LogP contribution in [0.15, 0.2) is 24.9 Å². The van der Waals surface area contributed by atoms with Crippen LogP contribution >= 0.6 is 0 Å². The Labute approximate surface area is 191 Å². The van der Waals surface area contributed by atoms with Crippen molar-refractivity contribution in [1.29, 1.82) is 0 Å². The number of aromatic nitrogens is 1. The van der Waals surface area contributed by atoms with Crippen LogP contribution in [0.25, 0.3) is 6.08 Å². The summed E-state index contributed by atoms with van der Waals surface area (Å²) in [5, 5.41) is 10.6. The Hall–Kier alpha value is -2.86. The number of hydrogen-bond donors (Lipinski definition) is 1. The minimum absolute atomic E-state index is 0.0360. The van der Waals surface area contributed by atoms with Gasteiger partial charge in [-0.2, -0.15) is 0 Å². The van der Waals surface area contributed by atoms with Crippen molar-refractivity contribution in [2.24, 2.45) is 0 Å². The normalized spacial score (nSPS) is 24.3. The van der Waals surface area contributed by atoms with Crippen molar-refractivity contribution in [2.45, 2.75) is 64.7 Å². The molecular weight excluding hydrogens is 438 g/mol. The molecule has 2 rings (SSSR count). The molecule has 1 aliphatic heterocycles. The van der Waals surface area contributed by atoms with E-state index in [0.717, 1.165) is 0 Å². The predicted octanol–water partition coefficient (Wildman–Crippen LogP) is 1.12. The van der Waals surface area contributed by atoms with Gasteiger partial charge in [0, 0.05) is 33.9 Å². The summed E-state index contributed by atoms with van der Waals surface area (Å²) in [5.41, 5.74) is 1.35. The van der Waals surface area contributed by atoms with Crippen LogP contribution in [0.4, 0.5) is 0 Å². The van der Waals surface area contributed by atoms with Gasteiger partial charge in [-0.1, -0.05) is 12.6 Å². The molecule has 1 aliphatic rings. The van der Waals surface area contributed by atoms with Gasteiger partial charge in [0.2, 0.25) is 0 Å². The van der Waals surface area contributed by atoms with Crippen molar-refractivity contribution in [1.82, 2.24) is 4.98 Å². The molecule has 1 fully saturated rings. The van der Waals surface area contributed by atoms with E-state index in [1.54, 1.807) is 24.4 Å². The SMILES string of the molecule is C=Cc1ccc(COC(C)(O)OC2COC(COC(C)=O)[C@@H](OC(C)=O)[C@@H]2OC(C)=O)cn1. The smallest absolute Gasteiger partial charge is 0.303 e. The molecule has 0 saturated carbocycles. The highest BCUT2D eigenvalue weighted by atomic mass is 16.8. The molecule has 0 radical (unpaired) electrons. The van der Waals surface area contributed by atoms with Gasteiger partial charge in [-0.05, 0) is 17.7 Å². The molecule has 5 atom stereocenters. The lowest BCUT2D eigenvalue weighted by Gasteiger charge is -2.42. The molecule has 0 amide bonds. The van der Waals surface area contributed by atoms with Crippen LogP contribution in [0.2, 0.25) is 0 Å². The van der Waals surface area contributed by atoms with E-state index in [4.69, 9.17) is 28.4 Å². The quantitative estimate of drug-likeness (QED) is 0.301. The number of carbonyl (C=O) groups is 3. The first-order valence-electron chi connectivity index (χ1n) is 10.2. The molecule has 3 unspecified atom stereocenters. The van der Waals surface area contributed by atoms with Gasteiger partial charge in [0.25, 0.3) is 5.97 Å². The van der Waals surface area contributed by atoms with E-state index in [1.165, 1.54) is 27.7 Å². The van der Waals surface area contributed by atoms with Gasteiger partial charge in [0.1, 0.15) is 18.8 Å². The zero-order valence-corrected chi connectivity index (χ0v) is 19.0. The van der Waals surface area contributed by atoms with Crippen LogP contribution in [0.5, 0.6) is 0 Å². The lowest BCUT2D eigenvalue weighted by Crippen LogP contribution is -2.60. The average molecular weight is 467 g/mol. The summed E-state index contributed by atoms with van der Waals surface area (Å²) in [5.74, 6) is -4.03. The van der Waals surface area contributed by atoms with Crippen LogP contribution in [-0.2, 0) is 49.4 Å². The highest BCUT2D eigenvalue weighted by molar-refractivity contribution is 5.67. The highest BCUT2D eigenvalue weighted by Gasteiger charge is 2.48. The second-order valence-corrected chi connectivity index (χ2v) is 7.46. The maximum atomic E-state index is 11.7. The number of hydrogen-bond acceptors (Lipinski definition) is 11. The van der Waals surface area contributed by atoms with Crippen LogP contribution in [0.3, 0.4) is 0 Å². The maximum absolute atomic E-state index is 11.7. The Morgan fingerprint density at radius 3 is 2.39 bits per heavy atom. The Morgan fingerprint density at radius 2 is 1.85 bits per heavy atom. The van der Waals surface area contributed by atoms with E-state index in [2.05, 4.69) is 11.6 Å². The van der Waals surface area contributed by atoms with Gasteiger partial charge in [-0.25, -0.2) is 0 Å². The van der Waals surface area contributed by atoms with Crippen molar-refractivity contribution < 1.29 is 47.9 Å². The number of rotatable bonds is 10. The predicted molar refractivity (Wildman–Crippen MR) is 112 cm³/mol. The van der Waals surface area contributed by atoms with E-state index >= 15 is 0 Å². The Kier molecular flexibility index (Phi) is 9.47. The van der Waals surface area contributed by atoms with Gasteiger partial charge < -0.3 is 33.5 Å². The van der Waals surface area contributed by atoms with Crippen LogP contribution in [0, 0.1) is 0 Å². The minimum atomic E-state index is -2.12. The van der Waals surface area contributed by atoms with Gasteiger partial charge in [0.05, 0.1) is 18.9 Å². The molecule has 182 valence electrons. The van der Waals surface area contributed by atoms with Crippen molar-refractivity contribution in [3.63, 3.8) is 0 Å². The standard InChI is InChI=1S/C22H29NO10/c1-6-17-8-7-16(9-23-17)10-30-22(5,27)33-19-12-29-18(11-28-13(2)24)20(31-14(3)25)21(19)32-15(4)26/h6-9,18-21,27H,1,10-12H2,2-5H3/t18?,19?,20-,21-,22?/m1/s1. The van der Waals surface area contributed by atoms with Crippen LogP contribution in [-0.4, -0.2) is 71.6 Å². The second-order valence-electron chi connectivity index (χ2n) is 7.46. The molecule has 1 saturated heterocycles. The molecular formula is C22H29NO10. The molecule has 11 nitrogen and oxygen atoms in total. The van der Waals surface area contributed by atoms with Crippen LogP contribution in [0.1, 0.15) is 39.0 Å². The Balaban J connectivity index is 2.13. The second kappa shape index (κ2) is 11.8. The molecule has 2 heterocycles. The molecule has 0 spiro atoms. The summed E-state index contributed by atoms with van der Waals surface area (Å²) in [4.78, 5) is 38.8. The minimum Gasteiger partial charge on any atom is -0.463 e. The zero-order valence-electron chi connectivity index (χ0n) is 19.0. The van der Waals surface area contributed by atoms with Crippen molar-refractivity contribution in [3.05, 3.63) is 36.2 Å². The summed E-state index contributed by atoms with van der Waals surface area (Å²) in [6.07, 6.45) is -1.14.